The SMILES string of the molecule is C[C@@H]1CN[C@H](c2ccccc2)C(OCc2cc(C(F)(F)F)cc(C(F)(F)F)c2)O1. The largest absolute Gasteiger partial charge is 0.416 e. The zero-order valence-electron chi connectivity index (χ0n) is 15.3. The molecule has 1 heterocycles. The molecule has 0 bridgehead atoms. The van der Waals surface area contributed by atoms with Crippen LogP contribution >= 0.6 is 0 Å². The number of ether oxygens (including phenoxy) is 2. The van der Waals surface area contributed by atoms with Gasteiger partial charge in [-0.05, 0) is 36.2 Å². The molecule has 29 heavy (non-hydrogen) atoms. The minimum absolute atomic E-state index is 0.0943. The molecule has 9 heteroatoms. The lowest BCUT2D eigenvalue weighted by Gasteiger charge is -2.36. The predicted octanol–water partition coefficient (Wildman–Crippen LogP) is 5.32. The van der Waals surface area contributed by atoms with E-state index in [0.717, 1.165) is 5.56 Å². The lowest BCUT2D eigenvalue weighted by atomic mass is 10.0. The third-order valence-corrected chi connectivity index (χ3v) is 4.48. The van der Waals surface area contributed by atoms with Gasteiger partial charge in [0.25, 0.3) is 0 Å². The van der Waals surface area contributed by atoms with Crippen LogP contribution in [0.1, 0.15) is 35.2 Å². The van der Waals surface area contributed by atoms with E-state index in [-0.39, 0.29) is 17.7 Å². The van der Waals surface area contributed by atoms with Gasteiger partial charge in [-0.15, -0.1) is 0 Å². The van der Waals surface area contributed by atoms with Crippen molar-refractivity contribution in [2.45, 2.75) is 44.3 Å². The highest BCUT2D eigenvalue weighted by Gasteiger charge is 2.37. The molecule has 0 spiro atoms. The number of rotatable bonds is 4. The summed E-state index contributed by atoms with van der Waals surface area (Å²) in [5.74, 6) is 0. The second kappa shape index (κ2) is 8.33. The average molecular weight is 419 g/mol. The Kier molecular flexibility index (Phi) is 6.21. The Morgan fingerprint density at radius 1 is 0.966 bits per heavy atom. The summed E-state index contributed by atoms with van der Waals surface area (Å²) < 4.78 is 89.5. The lowest BCUT2D eigenvalue weighted by Crippen LogP contribution is -2.47. The quantitative estimate of drug-likeness (QED) is 0.681. The molecular weight excluding hydrogens is 400 g/mol. The molecule has 0 saturated carbocycles. The molecule has 3 rings (SSSR count). The van der Waals surface area contributed by atoms with Crippen LogP contribution in [0.4, 0.5) is 26.3 Å². The molecule has 1 unspecified atom stereocenters. The van der Waals surface area contributed by atoms with Gasteiger partial charge in [-0.2, -0.15) is 26.3 Å². The van der Waals surface area contributed by atoms with Gasteiger partial charge in [0.05, 0.1) is 29.9 Å². The number of halogens is 6. The van der Waals surface area contributed by atoms with Crippen LogP contribution in [-0.2, 0) is 28.4 Å². The Labute approximate surface area is 163 Å². The second-order valence-electron chi connectivity index (χ2n) is 6.84. The summed E-state index contributed by atoms with van der Waals surface area (Å²) in [6.45, 7) is 1.85. The molecule has 1 aliphatic rings. The minimum Gasteiger partial charge on any atom is -0.346 e. The maximum atomic E-state index is 13.0. The number of alkyl halides is 6. The van der Waals surface area contributed by atoms with Gasteiger partial charge in [-0.3, -0.25) is 0 Å². The van der Waals surface area contributed by atoms with Crippen molar-refractivity contribution in [2.24, 2.45) is 0 Å². The molecule has 2 aromatic rings. The third kappa shape index (κ3) is 5.49. The van der Waals surface area contributed by atoms with Gasteiger partial charge in [-0.25, -0.2) is 0 Å². The van der Waals surface area contributed by atoms with Crippen LogP contribution in [0.3, 0.4) is 0 Å². The van der Waals surface area contributed by atoms with Crippen LogP contribution in [0.15, 0.2) is 48.5 Å². The Balaban J connectivity index is 1.83. The monoisotopic (exact) mass is 419 g/mol. The van der Waals surface area contributed by atoms with Crippen molar-refractivity contribution in [2.75, 3.05) is 6.54 Å². The van der Waals surface area contributed by atoms with Crippen LogP contribution in [-0.4, -0.2) is 18.9 Å². The smallest absolute Gasteiger partial charge is 0.346 e. The van der Waals surface area contributed by atoms with Crippen molar-refractivity contribution >= 4 is 0 Å². The van der Waals surface area contributed by atoms with E-state index in [1.165, 1.54) is 0 Å². The summed E-state index contributed by atoms with van der Waals surface area (Å²) >= 11 is 0. The van der Waals surface area contributed by atoms with Gasteiger partial charge in [0.2, 0.25) is 0 Å². The summed E-state index contributed by atoms with van der Waals surface area (Å²) in [6.07, 6.45) is -10.9. The fraction of sp³-hybridized carbons (Fsp3) is 0.400. The zero-order valence-corrected chi connectivity index (χ0v) is 15.3. The zero-order chi connectivity index (χ0) is 21.2. The number of hydrogen-bond acceptors (Lipinski definition) is 3. The molecule has 0 aliphatic carbocycles. The van der Waals surface area contributed by atoms with E-state index in [1.54, 1.807) is 6.92 Å². The number of benzene rings is 2. The van der Waals surface area contributed by atoms with Crippen molar-refractivity contribution in [1.82, 2.24) is 5.32 Å². The van der Waals surface area contributed by atoms with Gasteiger partial charge in [0, 0.05) is 6.54 Å². The van der Waals surface area contributed by atoms with Crippen LogP contribution in [0, 0.1) is 0 Å². The number of hydrogen-bond donors (Lipinski definition) is 1. The van der Waals surface area contributed by atoms with Gasteiger partial charge in [0.1, 0.15) is 0 Å². The summed E-state index contributed by atoms with van der Waals surface area (Å²) in [7, 11) is 0. The molecule has 3 atom stereocenters. The molecule has 1 saturated heterocycles. The topological polar surface area (TPSA) is 30.5 Å². The van der Waals surface area contributed by atoms with E-state index in [1.807, 2.05) is 30.3 Å². The highest BCUT2D eigenvalue weighted by atomic mass is 19.4. The fourth-order valence-corrected chi connectivity index (χ4v) is 3.10. The van der Waals surface area contributed by atoms with Crippen molar-refractivity contribution in [1.29, 1.82) is 0 Å². The van der Waals surface area contributed by atoms with Crippen molar-refractivity contribution in [3.63, 3.8) is 0 Å². The van der Waals surface area contributed by atoms with E-state index >= 15 is 0 Å². The van der Waals surface area contributed by atoms with E-state index in [2.05, 4.69) is 5.32 Å². The molecule has 3 nitrogen and oxygen atoms in total. The predicted molar refractivity (Wildman–Crippen MR) is 92.8 cm³/mol. The standard InChI is InChI=1S/C20H19F6NO2/c1-12-10-27-17(14-5-3-2-4-6-14)18(29-12)28-11-13-7-15(19(21,22)23)9-16(8-13)20(24,25)26/h2-9,12,17-18,27H,10-11H2,1H3/t12-,17-,18?/m1/s1. The molecule has 0 amide bonds. The number of morpholine rings is 1. The molecule has 1 fully saturated rings. The van der Waals surface area contributed by atoms with E-state index in [4.69, 9.17) is 9.47 Å². The van der Waals surface area contributed by atoms with Gasteiger partial charge >= 0.3 is 12.4 Å². The molecular formula is C20H19F6NO2. The van der Waals surface area contributed by atoms with Gasteiger partial charge in [-0.1, -0.05) is 30.3 Å². The maximum absolute atomic E-state index is 13.0. The van der Waals surface area contributed by atoms with Crippen molar-refractivity contribution < 1.29 is 35.8 Å². The first kappa shape index (κ1) is 21.6. The summed E-state index contributed by atoms with van der Waals surface area (Å²) in [4.78, 5) is 0. The summed E-state index contributed by atoms with van der Waals surface area (Å²) in [6, 6.07) is 10.1. The molecule has 1 aliphatic heterocycles. The highest BCUT2D eigenvalue weighted by Crippen LogP contribution is 2.36. The fourth-order valence-electron chi connectivity index (χ4n) is 3.10. The van der Waals surface area contributed by atoms with Crippen molar-refractivity contribution in [3.05, 3.63) is 70.8 Å². The Morgan fingerprint density at radius 3 is 2.10 bits per heavy atom. The first-order valence-electron chi connectivity index (χ1n) is 8.88. The number of nitrogens with one attached hydrogen (secondary N) is 1. The van der Waals surface area contributed by atoms with Gasteiger partial charge in [0.15, 0.2) is 6.29 Å². The van der Waals surface area contributed by atoms with Crippen LogP contribution < -0.4 is 5.32 Å². The Bertz CT molecular complexity index is 790. The van der Waals surface area contributed by atoms with Crippen molar-refractivity contribution in [3.8, 4) is 0 Å². The molecule has 0 radical (unpaired) electrons. The van der Waals surface area contributed by atoms with Crippen LogP contribution in [0.25, 0.3) is 0 Å². The molecule has 158 valence electrons. The third-order valence-electron chi connectivity index (χ3n) is 4.48. The second-order valence-corrected chi connectivity index (χ2v) is 6.84. The van der Waals surface area contributed by atoms with Gasteiger partial charge < -0.3 is 14.8 Å². The summed E-state index contributed by atoms with van der Waals surface area (Å²) in [5.41, 5.74) is -2.15. The minimum atomic E-state index is -4.90. The van der Waals surface area contributed by atoms with E-state index in [0.29, 0.717) is 18.7 Å². The Hall–Kier alpha value is -2.10. The molecule has 0 aromatic heterocycles. The van der Waals surface area contributed by atoms with Crippen LogP contribution in [0.5, 0.6) is 0 Å². The molecule has 2 aromatic carbocycles. The average Bonchev–Trinajstić information content (AvgIpc) is 2.65. The van der Waals surface area contributed by atoms with E-state index in [9.17, 15) is 26.3 Å². The van der Waals surface area contributed by atoms with Crippen LogP contribution in [0.2, 0.25) is 0 Å². The summed E-state index contributed by atoms with van der Waals surface area (Å²) in [5, 5.41) is 3.23. The first-order valence-corrected chi connectivity index (χ1v) is 8.88. The highest BCUT2D eigenvalue weighted by molar-refractivity contribution is 5.33. The van der Waals surface area contributed by atoms with E-state index < -0.39 is 42.4 Å². The maximum Gasteiger partial charge on any atom is 0.416 e. The first-order chi connectivity index (χ1) is 13.5. The normalized spacial score (nSPS) is 23.2. The molecule has 1 N–H and O–H groups in total. The Morgan fingerprint density at radius 2 is 1.55 bits per heavy atom. The lowest BCUT2D eigenvalue weighted by molar-refractivity contribution is -0.208.